The molecule has 0 saturated heterocycles. The molecule has 0 atom stereocenters. The number of ether oxygens (including phenoxy) is 1. The average Bonchev–Trinajstić information content (AvgIpc) is 3.56. The molecule has 0 aliphatic heterocycles. The molecule has 10 nitrogen and oxygen atoms in total. The van der Waals surface area contributed by atoms with Crippen LogP contribution in [0.3, 0.4) is 0 Å². The zero-order valence-corrected chi connectivity index (χ0v) is 21.6. The average molecular weight is 510 g/mol. The Bertz CT molecular complexity index is 1530. The van der Waals surface area contributed by atoms with Crippen molar-refractivity contribution in [2.24, 2.45) is 12.2 Å². The maximum atomic E-state index is 6.15. The van der Waals surface area contributed by atoms with Crippen LogP contribution in [0.15, 0.2) is 88.4 Å². The predicted octanol–water partition coefficient (Wildman–Crippen LogP) is 5.32. The van der Waals surface area contributed by atoms with E-state index in [0.717, 1.165) is 11.3 Å². The van der Waals surface area contributed by atoms with Crippen molar-refractivity contribution in [2.45, 2.75) is 32.8 Å². The lowest BCUT2D eigenvalue weighted by atomic mass is 9.87. The quantitative estimate of drug-likeness (QED) is 0.204. The summed E-state index contributed by atoms with van der Waals surface area (Å²) in [6, 6.07) is 25.1. The van der Waals surface area contributed by atoms with Crippen molar-refractivity contribution in [2.75, 3.05) is 0 Å². The van der Waals surface area contributed by atoms with Crippen LogP contribution in [0.1, 0.15) is 43.6 Å². The van der Waals surface area contributed by atoms with E-state index in [-0.39, 0.29) is 17.9 Å². The lowest BCUT2D eigenvalue weighted by Gasteiger charge is -2.19. The van der Waals surface area contributed by atoms with E-state index in [0.29, 0.717) is 28.7 Å². The summed E-state index contributed by atoms with van der Waals surface area (Å²) in [6.07, 6.45) is 0. The van der Waals surface area contributed by atoms with Crippen LogP contribution in [0.2, 0.25) is 0 Å². The van der Waals surface area contributed by atoms with Gasteiger partial charge in [0.25, 0.3) is 11.8 Å². The van der Waals surface area contributed by atoms with Gasteiger partial charge in [-0.3, -0.25) is 0 Å². The molecule has 2 heterocycles. The summed E-state index contributed by atoms with van der Waals surface area (Å²) in [7, 11) is 1.73. The summed E-state index contributed by atoms with van der Waals surface area (Å²) in [5.74, 6) is 2.36. The smallest absolute Gasteiger partial charge is 0.257 e. The highest BCUT2D eigenvalue weighted by atomic mass is 16.6. The molecule has 0 unspecified atom stereocenters. The second-order valence-electron chi connectivity index (χ2n) is 9.58. The zero-order valence-electron chi connectivity index (χ0n) is 21.6. The minimum Gasteiger partial charge on any atom is -0.457 e. The van der Waals surface area contributed by atoms with Gasteiger partial charge < -0.3 is 14.0 Å². The third kappa shape index (κ3) is 5.59. The van der Waals surface area contributed by atoms with E-state index in [1.165, 1.54) is 10.2 Å². The van der Waals surface area contributed by atoms with E-state index < -0.39 is 0 Å². The van der Waals surface area contributed by atoms with E-state index in [1.54, 1.807) is 7.05 Å². The van der Waals surface area contributed by atoms with E-state index in [2.05, 4.69) is 63.8 Å². The predicted molar refractivity (Wildman–Crippen MR) is 141 cm³/mol. The van der Waals surface area contributed by atoms with Crippen molar-refractivity contribution < 1.29 is 14.0 Å². The molecule has 0 amide bonds. The highest BCUT2D eigenvalue weighted by Crippen LogP contribution is 2.33. The highest BCUT2D eigenvalue weighted by molar-refractivity contribution is 6.10. The summed E-state index contributed by atoms with van der Waals surface area (Å²) < 4.78 is 13.5. The molecular formula is C28H27N7O3. The molecule has 0 fully saturated rings. The SMILES string of the molecule is Cn1nnnc1/C(=N\OCc1nnc(-c2ccccc2Oc2ccc(C(C)(C)C)cc2)o1)c1ccccc1. The van der Waals surface area contributed by atoms with Gasteiger partial charge in [-0.25, -0.2) is 4.68 Å². The molecule has 10 heteroatoms. The molecular weight excluding hydrogens is 482 g/mol. The van der Waals surface area contributed by atoms with Gasteiger partial charge in [0.2, 0.25) is 5.82 Å². The van der Waals surface area contributed by atoms with Gasteiger partial charge in [-0.05, 0) is 45.7 Å². The first-order chi connectivity index (χ1) is 18.4. The first kappa shape index (κ1) is 24.8. The number of aryl methyl sites for hydroxylation is 1. The molecule has 2 aromatic heterocycles. The third-order valence-electron chi connectivity index (χ3n) is 5.76. The van der Waals surface area contributed by atoms with Crippen molar-refractivity contribution in [3.05, 3.63) is 102 Å². The van der Waals surface area contributed by atoms with Crippen LogP contribution in [0.25, 0.3) is 11.5 Å². The first-order valence-corrected chi connectivity index (χ1v) is 12.1. The maximum Gasteiger partial charge on any atom is 0.257 e. The lowest BCUT2D eigenvalue weighted by molar-refractivity contribution is 0.111. The Labute approximate surface area is 219 Å². The number of rotatable bonds is 8. The normalized spacial score (nSPS) is 11.9. The Kier molecular flexibility index (Phi) is 6.94. The molecule has 0 spiro atoms. The van der Waals surface area contributed by atoms with E-state index in [4.69, 9.17) is 14.0 Å². The lowest BCUT2D eigenvalue weighted by Crippen LogP contribution is -2.12. The molecule has 3 aromatic carbocycles. The van der Waals surface area contributed by atoms with Crippen molar-refractivity contribution >= 4 is 5.71 Å². The van der Waals surface area contributed by atoms with Gasteiger partial charge in [0.1, 0.15) is 11.5 Å². The fourth-order valence-corrected chi connectivity index (χ4v) is 3.70. The number of aromatic nitrogens is 6. The minimum atomic E-state index is -0.0358. The molecule has 192 valence electrons. The van der Waals surface area contributed by atoms with Crippen LogP contribution < -0.4 is 4.74 Å². The van der Waals surface area contributed by atoms with Crippen LogP contribution in [0, 0.1) is 0 Å². The van der Waals surface area contributed by atoms with Gasteiger partial charge in [-0.15, -0.1) is 15.3 Å². The van der Waals surface area contributed by atoms with Gasteiger partial charge in [0.15, 0.2) is 12.3 Å². The van der Waals surface area contributed by atoms with E-state index >= 15 is 0 Å². The van der Waals surface area contributed by atoms with Gasteiger partial charge in [-0.1, -0.05) is 80.5 Å². The van der Waals surface area contributed by atoms with Crippen LogP contribution >= 0.6 is 0 Å². The summed E-state index contributed by atoms with van der Waals surface area (Å²) >= 11 is 0. The molecule has 0 saturated carbocycles. The van der Waals surface area contributed by atoms with Crippen LogP contribution in [0.4, 0.5) is 0 Å². The van der Waals surface area contributed by atoms with Gasteiger partial charge in [0, 0.05) is 12.6 Å². The Morgan fingerprint density at radius 2 is 1.63 bits per heavy atom. The largest absolute Gasteiger partial charge is 0.457 e. The Morgan fingerprint density at radius 1 is 0.895 bits per heavy atom. The third-order valence-corrected chi connectivity index (χ3v) is 5.76. The molecule has 0 aliphatic rings. The number of benzene rings is 3. The molecule has 0 radical (unpaired) electrons. The van der Waals surface area contributed by atoms with Crippen molar-refractivity contribution in [3.8, 4) is 23.0 Å². The summed E-state index contributed by atoms with van der Waals surface area (Å²) in [5, 5.41) is 24.2. The second kappa shape index (κ2) is 10.6. The van der Waals surface area contributed by atoms with Gasteiger partial charge in [-0.2, -0.15) is 0 Å². The molecule has 0 bridgehead atoms. The number of oxime groups is 1. The summed E-state index contributed by atoms with van der Waals surface area (Å²) in [5.41, 5.74) is 3.25. The number of tetrazole rings is 1. The highest BCUT2D eigenvalue weighted by Gasteiger charge is 2.18. The zero-order chi connectivity index (χ0) is 26.5. The van der Waals surface area contributed by atoms with Gasteiger partial charge in [0.05, 0.1) is 5.56 Å². The minimum absolute atomic E-state index is 0.0358. The Balaban J connectivity index is 1.32. The summed E-state index contributed by atoms with van der Waals surface area (Å²) in [4.78, 5) is 5.58. The second-order valence-corrected chi connectivity index (χ2v) is 9.58. The van der Waals surface area contributed by atoms with E-state index in [1.807, 2.05) is 66.7 Å². The maximum absolute atomic E-state index is 6.15. The van der Waals surface area contributed by atoms with Crippen LogP contribution in [-0.4, -0.2) is 36.1 Å². The molecule has 38 heavy (non-hydrogen) atoms. The molecule has 0 aliphatic carbocycles. The number of nitrogens with zero attached hydrogens (tertiary/aromatic N) is 7. The van der Waals surface area contributed by atoms with Crippen molar-refractivity contribution in [3.63, 3.8) is 0 Å². The summed E-state index contributed by atoms with van der Waals surface area (Å²) in [6.45, 7) is 6.49. The van der Waals surface area contributed by atoms with Gasteiger partial charge >= 0.3 is 0 Å². The fraction of sp³-hybridized carbons (Fsp3) is 0.214. The first-order valence-electron chi connectivity index (χ1n) is 12.1. The van der Waals surface area contributed by atoms with Crippen molar-refractivity contribution in [1.82, 2.24) is 30.4 Å². The topological polar surface area (TPSA) is 113 Å². The molecule has 0 N–H and O–H groups in total. The monoisotopic (exact) mass is 509 g/mol. The fourth-order valence-electron chi connectivity index (χ4n) is 3.70. The van der Waals surface area contributed by atoms with Crippen molar-refractivity contribution in [1.29, 1.82) is 0 Å². The molecule has 5 rings (SSSR count). The number of para-hydroxylation sites is 1. The van der Waals surface area contributed by atoms with E-state index in [9.17, 15) is 0 Å². The Hall–Kier alpha value is -4.86. The Morgan fingerprint density at radius 3 is 2.34 bits per heavy atom. The number of hydrogen-bond donors (Lipinski definition) is 0. The molecule has 5 aromatic rings. The standard InChI is InChI=1S/C28H27N7O3/c1-28(2,3)20-14-16-21(17-15-20)37-23-13-9-8-12-22(23)27-31-29-24(38-27)18-36-32-25(19-10-6-5-7-11-19)26-30-33-34-35(26)4/h5-17H,18H2,1-4H3/b32-25-. The van der Waals surface area contributed by atoms with Crippen LogP contribution in [-0.2, 0) is 23.9 Å². The van der Waals surface area contributed by atoms with Crippen LogP contribution in [0.5, 0.6) is 11.5 Å². The number of hydrogen-bond acceptors (Lipinski definition) is 9.